The van der Waals surface area contributed by atoms with Crippen LogP contribution in [0.5, 0.6) is 5.75 Å². The van der Waals surface area contributed by atoms with Crippen LogP contribution in [0, 0.1) is 0 Å². The van der Waals surface area contributed by atoms with E-state index in [2.05, 4.69) is 13.8 Å². The lowest BCUT2D eigenvalue weighted by Crippen LogP contribution is -2.04. The van der Waals surface area contributed by atoms with Crippen LogP contribution >= 0.6 is 19.7 Å². The van der Waals surface area contributed by atoms with Crippen LogP contribution < -0.4 is 10.3 Å². The normalized spacial score (nSPS) is 10.8. The third kappa shape index (κ3) is 3.93. The zero-order valence-corrected chi connectivity index (χ0v) is 11.5. The van der Waals surface area contributed by atoms with Crippen molar-refractivity contribution in [3.05, 3.63) is 28.8 Å². The molecule has 0 saturated heterocycles. The van der Waals surface area contributed by atoms with Crippen molar-refractivity contribution in [2.24, 2.45) is 5.73 Å². The molecule has 0 radical (unpaired) electrons. The summed E-state index contributed by atoms with van der Waals surface area (Å²) in [6, 6.07) is 5.77. The maximum atomic E-state index is 6.00. The monoisotopic (exact) mass is 259 g/mol. The Labute approximate surface area is 104 Å². The maximum Gasteiger partial charge on any atom is 0.126 e. The number of halogens is 1. The summed E-state index contributed by atoms with van der Waals surface area (Å²) < 4.78 is 6.00. The number of nitrogens with two attached hydrogens (primary N) is 1. The topological polar surface area (TPSA) is 35.2 Å². The highest BCUT2D eigenvalue weighted by Gasteiger charge is 2.09. The molecule has 0 aromatic heterocycles. The van der Waals surface area contributed by atoms with E-state index >= 15 is 0 Å². The molecule has 2 nitrogen and oxygen atoms in total. The second-order valence-electron chi connectivity index (χ2n) is 3.50. The van der Waals surface area contributed by atoms with Crippen molar-refractivity contribution in [1.29, 1.82) is 0 Å². The molecule has 90 valence electrons. The molecule has 0 atom stereocenters. The Kier molecular flexibility index (Phi) is 6.12. The average molecular weight is 260 g/mol. The highest BCUT2D eigenvalue weighted by molar-refractivity contribution is 7.52. The van der Waals surface area contributed by atoms with Gasteiger partial charge in [-0.25, -0.2) is 0 Å². The first kappa shape index (κ1) is 13.8. The van der Waals surface area contributed by atoms with E-state index in [1.165, 1.54) is 0 Å². The van der Waals surface area contributed by atoms with E-state index in [-0.39, 0.29) is 8.15 Å². The van der Waals surface area contributed by atoms with Gasteiger partial charge in [0, 0.05) is 17.3 Å². The van der Waals surface area contributed by atoms with Crippen LogP contribution in [0.2, 0.25) is 5.02 Å². The maximum absolute atomic E-state index is 6.00. The van der Waals surface area contributed by atoms with Gasteiger partial charge in [0.25, 0.3) is 0 Å². The SMILES string of the molecule is CCP(CC)Oc1ccc(Cl)cc1CCN. The Balaban J connectivity index is 2.84. The first-order valence-electron chi connectivity index (χ1n) is 5.62. The zero-order chi connectivity index (χ0) is 12.0. The molecule has 0 bridgehead atoms. The van der Waals surface area contributed by atoms with Gasteiger partial charge < -0.3 is 10.3 Å². The molecule has 0 fully saturated rings. The molecule has 2 N–H and O–H groups in total. The summed E-state index contributed by atoms with van der Waals surface area (Å²) >= 11 is 5.97. The summed E-state index contributed by atoms with van der Waals surface area (Å²) in [7, 11) is -0.353. The van der Waals surface area contributed by atoms with Crippen molar-refractivity contribution in [2.45, 2.75) is 20.3 Å². The summed E-state index contributed by atoms with van der Waals surface area (Å²) in [6.45, 7) is 4.94. The Morgan fingerprint density at radius 1 is 1.31 bits per heavy atom. The molecule has 0 aliphatic carbocycles. The summed E-state index contributed by atoms with van der Waals surface area (Å²) in [6.07, 6.45) is 2.97. The largest absolute Gasteiger partial charge is 0.474 e. The van der Waals surface area contributed by atoms with Gasteiger partial charge in [0.2, 0.25) is 0 Å². The van der Waals surface area contributed by atoms with E-state index in [1.807, 2.05) is 18.2 Å². The van der Waals surface area contributed by atoms with Crippen molar-refractivity contribution in [3.8, 4) is 5.75 Å². The summed E-state index contributed by atoms with van der Waals surface area (Å²) in [5.74, 6) is 0.949. The second-order valence-corrected chi connectivity index (χ2v) is 6.34. The highest BCUT2D eigenvalue weighted by Crippen LogP contribution is 2.39. The molecule has 0 saturated carbocycles. The van der Waals surface area contributed by atoms with E-state index in [4.69, 9.17) is 21.9 Å². The summed E-state index contributed by atoms with van der Waals surface area (Å²) in [5.41, 5.74) is 6.70. The molecule has 0 amide bonds. The number of hydrogen-bond acceptors (Lipinski definition) is 2. The second kappa shape index (κ2) is 7.11. The van der Waals surface area contributed by atoms with Gasteiger partial charge in [-0.15, -0.1) is 0 Å². The van der Waals surface area contributed by atoms with Crippen LogP contribution in [0.4, 0.5) is 0 Å². The molecule has 1 aromatic rings. The molecule has 0 aliphatic rings. The van der Waals surface area contributed by atoms with Gasteiger partial charge in [0.15, 0.2) is 0 Å². The fraction of sp³-hybridized carbons (Fsp3) is 0.500. The van der Waals surface area contributed by atoms with Gasteiger partial charge in [0.05, 0.1) is 8.15 Å². The van der Waals surface area contributed by atoms with Gasteiger partial charge in [-0.3, -0.25) is 0 Å². The number of benzene rings is 1. The molecule has 1 rings (SSSR count). The lowest BCUT2D eigenvalue weighted by atomic mass is 10.1. The van der Waals surface area contributed by atoms with E-state index in [0.29, 0.717) is 6.54 Å². The zero-order valence-electron chi connectivity index (χ0n) is 9.87. The van der Waals surface area contributed by atoms with E-state index < -0.39 is 0 Å². The van der Waals surface area contributed by atoms with Crippen molar-refractivity contribution in [2.75, 3.05) is 18.9 Å². The summed E-state index contributed by atoms with van der Waals surface area (Å²) in [5, 5.41) is 0.744. The smallest absolute Gasteiger partial charge is 0.126 e. The van der Waals surface area contributed by atoms with Crippen molar-refractivity contribution >= 4 is 19.7 Å². The molecule has 4 heteroatoms. The van der Waals surface area contributed by atoms with Crippen LogP contribution in [0.15, 0.2) is 18.2 Å². The molecule has 16 heavy (non-hydrogen) atoms. The van der Waals surface area contributed by atoms with E-state index in [0.717, 1.165) is 35.1 Å². The van der Waals surface area contributed by atoms with Gasteiger partial charge in [-0.05, 0) is 36.7 Å². The first-order valence-corrected chi connectivity index (χ1v) is 7.63. The number of rotatable bonds is 6. The Morgan fingerprint density at radius 3 is 2.56 bits per heavy atom. The average Bonchev–Trinajstić information content (AvgIpc) is 2.29. The minimum absolute atomic E-state index is 0.353. The van der Waals surface area contributed by atoms with Gasteiger partial charge in [0.1, 0.15) is 5.75 Å². The third-order valence-electron chi connectivity index (χ3n) is 2.37. The minimum atomic E-state index is -0.353. The quantitative estimate of drug-likeness (QED) is 0.792. The number of hydrogen-bond donors (Lipinski definition) is 1. The van der Waals surface area contributed by atoms with Crippen LogP contribution in [0.3, 0.4) is 0 Å². The first-order chi connectivity index (χ1) is 7.71. The van der Waals surface area contributed by atoms with Crippen LogP contribution in [0.25, 0.3) is 0 Å². The highest BCUT2D eigenvalue weighted by atomic mass is 35.5. The van der Waals surface area contributed by atoms with Gasteiger partial charge in [-0.2, -0.15) is 0 Å². The van der Waals surface area contributed by atoms with E-state index in [9.17, 15) is 0 Å². The molecular formula is C12H19ClNOP. The van der Waals surface area contributed by atoms with Crippen molar-refractivity contribution in [1.82, 2.24) is 0 Å². The van der Waals surface area contributed by atoms with Crippen LogP contribution in [-0.4, -0.2) is 18.9 Å². The molecule has 1 aromatic carbocycles. The predicted molar refractivity (Wildman–Crippen MR) is 72.8 cm³/mol. The minimum Gasteiger partial charge on any atom is -0.474 e. The van der Waals surface area contributed by atoms with Gasteiger partial charge >= 0.3 is 0 Å². The lowest BCUT2D eigenvalue weighted by Gasteiger charge is -2.18. The van der Waals surface area contributed by atoms with Crippen molar-refractivity contribution in [3.63, 3.8) is 0 Å². The van der Waals surface area contributed by atoms with Crippen molar-refractivity contribution < 1.29 is 4.52 Å². The molecular weight excluding hydrogens is 241 g/mol. The Morgan fingerprint density at radius 2 is 2.00 bits per heavy atom. The molecule has 0 spiro atoms. The third-order valence-corrected chi connectivity index (χ3v) is 4.47. The Hall–Kier alpha value is -0.300. The fourth-order valence-electron chi connectivity index (χ4n) is 1.48. The van der Waals surface area contributed by atoms with Crippen LogP contribution in [0.1, 0.15) is 19.4 Å². The fourth-order valence-corrected chi connectivity index (χ4v) is 2.84. The standard InChI is InChI=1S/C12H19ClNOP/c1-3-16(4-2)15-12-6-5-11(13)9-10(12)7-8-14/h5-6,9H,3-4,7-8,14H2,1-2H3. The predicted octanol–water partition coefficient (Wildman–Crippen LogP) is 3.66. The molecule has 0 aliphatic heterocycles. The molecule has 0 unspecified atom stereocenters. The lowest BCUT2D eigenvalue weighted by molar-refractivity contribution is 0.603. The summed E-state index contributed by atoms with van der Waals surface area (Å²) in [4.78, 5) is 0. The Bertz CT molecular complexity index is 329. The molecule has 0 heterocycles. The van der Waals surface area contributed by atoms with Gasteiger partial charge in [-0.1, -0.05) is 25.4 Å². The van der Waals surface area contributed by atoms with Crippen LogP contribution in [-0.2, 0) is 6.42 Å². The van der Waals surface area contributed by atoms with E-state index in [1.54, 1.807) is 0 Å².